The molecule has 2 nitrogen and oxygen atoms in total. The summed E-state index contributed by atoms with van der Waals surface area (Å²) in [6.07, 6.45) is 1.95. The number of allylic oxidation sites excluding steroid dienone is 1. The minimum absolute atomic E-state index is 0.0130. The van der Waals surface area contributed by atoms with Crippen LogP contribution < -0.4 is 0 Å². The van der Waals surface area contributed by atoms with Crippen molar-refractivity contribution < 1.29 is 4.42 Å². The Morgan fingerprint density at radius 2 is 2.06 bits per heavy atom. The van der Waals surface area contributed by atoms with Gasteiger partial charge in [-0.2, -0.15) is 0 Å². The first kappa shape index (κ1) is 10.9. The molecule has 0 radical (unpaired) electrons. The fraction of sp³-hybridized carbons (Fsp3) is 0.357. The maximum Gasteiger partial charge on any atom is 0.199 e. The number of nitrogens with zero attached hydrogens (tertiary/aromatic N) is 1. The van der Waals surface area contributed by atoms with E-state index in [1.165, 1.54) is 0 Å². The van der Waals surface area contributed by atoms with Gasteiger partial charge in [0.25, 0.3) is 0 Å². The summed E-state index contributed by atoms with van der Waals surface area (Å²) in [4.78, 5) is 4.51. The number of fused-ring (bicyclic) bond motifs is 1. The predicted molar refractivity (Wildman–Crippen MR) is 66.4 cm³/mol. The Labute approximate surface area is 96.0 Å². The fourth-order valence-electron chi connectivity index (χ4n) is 1.57. The molecule has 0 saturated carbocycles. The standard InChI is InChI=1S/C14H17NO/c1-5-14(3,4)10(2)13-15-11-8-6-7-9-12(11)16-13/h5-10H,1H2,2-4H3. The summed E-state index contributed by atoms with van der Waals surface area (Å²) in [5.41, 5.74) is 1.76. The van der Waals surface area contributed by atoms with E-state index < -0.39 is 0 Å². The van der Waals surface area contributed by atoms with E-state index >= 15 is 0 Å². The summed E-state index contributed by atoms with van der Waals surface area (Å²) in [5, 5.41) is 0. The van der Waals surface area contributed by atoms with E-state index in [9.17, 15) is 0 Å². The Kier molecular flexibility index (Phi) is 2.58. The maximum atomic E-state index is 5.76. The number of benzene rings is 1. The lowest BCUT2D eigenvalue weighted by atomic mass is 9.80. The molecule has 1 aromatic carbocycles. The highest BCUT2D eigenvalue weighted by molar-refractivity contribution is 5.72. The summed E-state index contributed by atoms with van der Waals surface area (Å²) in [5.74, 6) is 1.00. The minimum atomic E-state index is -0.0130. The third-order valence-electron chi connectivity index (χ3n) is 3.32. The monoisotopic (exact) mass is 215 g/mol. The van der Waals surface area contributed by atoms with Gasteiger partial charge in [-0.3, -0.25) is 0 Å². The Bertz CT molecular complexity index is 477. The van der Waals surface area contributed by atoms with Crippen molar-refractivity contribution in [2.24, 2.45) is 5.41 Å². The van der Waals surface area contributed by atoms with E-state index in [4.69, 9.17) is 4.42 Å². The molecule has 1 heterocycles. The van der Waals surface area contributed by atoms with Crippen molar-refractivity contribution in [3.05, 3.63) is 42.8 Å². The lowest BCUT2D eigenvalue weighted by Gasteiger charge is -2.25. The van der Waals surface area contributed by atoms with Crippen molar-refractivity contribution >= 4 is 11.1 Å². The van der Waals surface area contributed by atoms with E-state index in [0.717, 1.165) is 17.0 Å². The van der Waals surface area contributed by atoms with Crippen LogP contribution in [0.1, 0.15) is 32.6 Å². The predicted octanol–water partition coefficient (Wildman–Crippen LogP) is 4.14. The molecule has 0 spiro atoms. The largest absolute Gasteiger partial charge is 0.440 e. The fourth-order valence-corrected chi connectivity index (χ4v) is 1.57. The summed E-state index contributed by atoms with van der Waals surface area (Å²) < 4.78 is 5.76. The van der Waals surface area contributed by atoms with Crippen molar-refractivity contribution in [1.82, 2.24) is 4.98 Å². The first-order chi connectivity index (χ1) is 7.54. The lowest BCUT2D eigenvalue weighted by molar-refractivity contribution is 0.335. The van der Waals surface area contributed by atoms with Gasteiger partial charge < -0.3 is 4.42 Å². The molecule has 2 aromatic rings. The number of hydrogen-bond donors (Lipinski definition) is 0. The van der Waals surface area contributed by atoms with E-state index in [1.807, 2.05) is 30.3 Å². The van der Waals surface area contributed by atoms with Gasteiger partial charge in [0.2, 0.25) is 0 Å². The number of hydrogen-bond acceptors (Lipinski definition) is 2. The van der Waals surface area contributed by atoms with Gasteiger partial charge >= 0.3 is 0 Å². The van der Waals surface area contributed by atoms with Gasteiger partial charge in [0, 0.05) is 5.92 Å². The SMILES string of the molecule is C=CC(C)(C)C(C)c1nc2ccccc2o1. The molecular weight excluding hydrogens is 198 g/mol. The summed E-state index contributed by atoms with van der Waals surface area (Å²) in [6, 6.07) is 7.84. The number of rotatable bonds is 3. The van der Waals surface area contributed by atoms with E-state index in [-0.39, 0.29) is 11.3 Å². The molecule has 2 heteroatoms. The number of aromatic nitrogens is 1. The van der Waals surface area contributed by atoms with Crippen molar-refractivity contribution in [1.29, 1.82) is 0 Å². The van der Waals surface area contributed by atoms with Crippen LogP contribution >= 0.6 is 0 Å². The van der Waals surface area contributed by atoms with Gasteiger partial charge in [-0.05, 0) is 17.5 Å². The molecule has 1 atom stereocenters. The molecule has 0 saturated heterocycles. The van der Waals surface area contributed by atoms with Gasteiger partial charge in [0.05, 0.1) is 0 Å². The maximum absolute atomic E-state index is 5.76. The van der Waals surface area contributed by atoms with Gasteiger partial charge in [0.15, 0.2) is 11.5 Å². The van der Waals surface area contributed by atoms with Crippen LogP contribution in [0.5, 0.6) is 0 Å². The third kappa shape index (κ3) is 1.75. The molecule has 0 bridgehead atoms. The normalized spacial score (nSPS) is 13.9. The summed E-state index contributed by atoms with van der Waals surface area (Å²) in [7, 11) is 0. The van der Waals surface area contributed by atoms with Crippen molar-refractivity contribution in [3.63, 3.8) is 0 Å². The van der Waals surface area contributed by atoms with Gasteiger partial charge in [0.1, 0.15) is 5.52 Å². The molecule has 0 N–H and O–H groups in total. The lowest BCUT2D eigenvalue weighted by Crippen LogP contribution is -2.16. The number of oxazole rings is 1. The van der Waals surface area contributed by atoms with Crippen LogP contribution in [0.3, 0.4) is 0 Å². The molecule has 1 aromatic heterocycles. The van der Waals surface area contributed by atoms with E-state index in [1.54, 1.807) is 0 Å². The molecule has 84 valence electrons. The highest BCUT2D eigenvalue weighted by Crippen LogP contribution is 2.36. The third-order valence-corrected chi connectivity index (χ3v) is 3.32. The van der Waals surface area contributed by atoms with Crippen LogP contribution in [-0.4, -0.2) is 4.98 Å². The average molecular weight is 215 g/mol. The zero-order valence-electron chi connectivity index (χ0n) is 10.0. The Morgan fingerprint density at radius 3 is 2.69 bits per heavy atom. The summed E-state index contributed by atoms with van der Waals surface area (Å²) in [6.45, 7) is 10.3. The van der Waals surface area contributed by atoms with Crippen LogP contribution in [0.15, 0.2) is 41.3 Å². The van der Waals surface area contributed by atoms with Gasteiger partial charge in [-0.15, -0.1) is 6.58 Å². The second-order valence-corrected chi connectivity index (χ2v) is 4.77. The van der Waals surface area contributed by atoms with Crippen molar-refractivity contribution in [2.75, 3.05) is 0 Å². The molecule has 0 aliphatic heterocycles. The highest BCUT2D eigenvalue weighted by atomic mass is 16.3. The summed E-state index contributed by atoms with van der Waals surface area (Å²) >= 11 is 0. The zero-order chi connectivity index (χ0) is 11.8. The molecule has 2 rings (SSSR count). The molecule has 0 fully saturated rings. The Balaban J connectivity index is 2.44. The van der Waals surface area contributed by atoms with E-state index in [0.29, 0.717) is 0 Å². The zero-order valence-corrected chi connectivity index (χ0v) is 10.0. The molecule has 0 aliphatic carbocycles. The van der Waals surface area contributed by atoms with Gasteiger partial charge in [-0.1, -0.05) is 39.0 Å². The molecular formula is C14H17NO. The van der Waals surface area contributed by atoms with E-state index in [2.05, 4.69) is 32.3 Å². The highest BCUT2D eigenvalue weighted by Gasteiger charge is 2.27. The van der Waals surface area contributed by atoms with Crippen LogP contribution in [0.25, 0.3) is 11.1 Å². The number of para-hydroxylation sites is 2. The second-order valence-electron chi connectivity index (χ2n) is 4.77. The topological polar surface area (TPSA) is 26.0 Å². The molecule has 0 amide bonds. The van der Waals surface area contributed by atoms with Crippen LogP contribution in [-0.2, 0) is 0 Å². The van der Waals surface area contributed by atoms with Crippen molar-refractivity contribution in [3.8, 4) is 0 Å². The van der Waals surface area contributed by atoms with Crippen LogP contribution in [0.4, 0.5) is 0 Å². The van der Waals surface area contributed by atoms with Crippen LogP contribution in [0, 0.1) is 5.41 Å². The smallest absolute Gasteiger partial charge is 0.199 e. The Morgan fingerprint density at radius 1 is 1.38 bits per heavy atom. The Hall–Kier alpha value is -1.57. The van der Waals surface area contributed by atoms with Gasteiger partial charge in [-0.25, -0.2) is 4.98 Å². The molecule has 1 unspecified atom stereocenters. The van der Waals surface area contributed by atoms with Crippen molar-refractivity contribution in [2.45, 2.75) is 26.7 Å². The molecule has 16 heavy (non-hydrogen) atoms. The van der Waals surface area contributed by atoms with Crippen LogP contribution in [0.2, 0.25) is 0 Å². The first-order valence-electron chi connectivity index (χ1n) is 5.53. The average Bonchev–Trinajstić information content (AvgIpc) is 2.71. The first-order valence-corrected chi connectivity index (χ1v) is 5.53. The second kappa shape index (κ2) is 3.78. The minimum Gasteiger partial charge on any atom is -0.440 e. The quantitative estimate of drug-likeness (QED) is 0.719. The molecule has 0 aliphatic rings.